The van der Waals surface area contributed by atoms with Crippen LogP contribution in [0.5, 0.6) is 0 Å². The second-order valence-electron chi connectivity index (χ2n) is 10.1. The van der Waals surface area contributed by atoms with Crippen LogP contribution >= 0.6 is 22.9 Å². The summed E-state index contributed by atoms with van der Waals surface area (Å²) in [6.45, 7) is 6.91. The molecule has 3 aromatic rings. The van der Waals surface area contributed by atoms with Crippen LogP contribution in [0.15, 0.2) is 63.5 Å². The lowest BCUT2D eigenvalue weighted by molar-refractivity contribution is -0.384. The lowest BCUT2D eigenvalue weighted by Gasteiger charge is -2.30. The van der Waals surface area contributed by atoms with Crippen LogP contribution < -0.4 is 19.8 Å². The number of rotatable bonds is 6. The SMILES string of the molecule is CC1=C(C(=O)OC(C)C)C(c2ccccc2Cl)n2c(sc(=Cc3cc([N+](=O)[O-])ccc3N3CCCCC3)c2=O)=N1. The predicted molar refractivity (Wildman–Crippen MR) is 156 cm³/mol. The zero-order chi connectivity index (χ0) is 28.6. The van der Waals surface area contributed by atoms with Gasteiger partial charge < -0.3 is 9.64 Å². The molecule has 0 saturated carbocycles. The van der Waals surface area contributed by atoms with Crippen molar-refractivity contribution in [3.63, 3.8) is 0 Å². The molecule has 1 saturated heterocycles. The molecule has 11 heteroatoms. The lowest BCUT2D eigenvalue weighted by Crippen LogP contribution is -2.40. The molecule has 208 valence electrons. The van der Waals surface area contributed by atoms with Crippen molar-refractivity contribution in [2.24, 2.45) is 4.99 Å². The number of nitrogens with zero attached hydrogens (tertiary/aromatic N) is 4. The molecule has 0 aliphatic carbocycles. The molecular weight excluding hydrogens is 552 g/mol. The van der Waals surface area contributed by atoms with Gasteiger partial charge in [-0.1, -0.05) is 41.1 Å². The maximum atomic E-state index is 14.0. The van der Waals surface area contributed by atoms with E-state index in [-0.39, 0.29) is 22.9 Å². The number of anilines is 1. The molecule has 0 spiro atoms. The molecule has 1 fully saturated rings. The Kier molecular flexibility index (Phi) is 7.91. The number of hydrogen-bond acceptors (Lipinski definition) is 8. The van der Waals surface area contributed by atoms with Gasteiger partial charge >= 0.3 is 5.97 Å². The van der Waals surface area contributed by atoms with Gasteiger partial charge in [-0.3, -0.25) is 19.5 Å². The fraction of sp³-hybridized carbons (Fsp3) is 0.345. The Morgan fingerprint density at radius 3 is 2.60 bits per heavy atom. The molecule has 3 heterocycles. The molecule has 40 heavy (non-hydrogen) atoms. The first-order valence-electron chi connectivity index (χ1n) is 13.2. The fourth-order valence-corrected chi connectivity index (χ4v) is 6.46. The van der Waals surface area contributed by atoms with Crippen LogP contribution in [-0.4, -0.2) is 34.7 Å². The maximum absolute atomic E-state index is 14.0. The van der Waals surface area contributed by atoms with Crippen molar-refractivity contribution in [3.05, 3.63) is 99.7 Å². The van der Waals surface area contributed by atoms with Crippen LogP contribution in [0.4, 0.5) is 11.4 Å². The Hall–Kier alpha value is -3.76. The summed E-state index contributed by atoms with van der Waals surface area (Å²) in [4.78, 5) is 45.7. The highest BCUT2D eigenvalue weighted by atomic mass is 35.5. The second kappa shape index (κ2) is 11.4. The molecule has 0 bridgehead atoms. The summed E-state index contributed by atoms with van der Waals surface area (Å²) in [5.41, 5.74) is 2.27. The molecule has 2 aromatic carbocycles. The highest BCUT2D eigenvalue weighted by Crippen LogP contribution is 2.35. The van der Waals surface area contributed by atoms with Crippen molar-refractivity contribution in [3.8, 4) is 0 Å². The highest BCUT2D eigenvalue weighted by Gasteiger charge is 2.35. The fourth-order valence-electron chi connectivity index (χ4n) is 5.19. The number of fused-ring (bicyclic) bond motifs is 1. The molecule has 5 rings (SSSR count). The van der Waals surface area contributed by atoms with E-state index in [0.717, 1.165) is 38.0 Å². The number of thiazole rings is 1. The summed E-state index contributed by atoms with van der Waals surface area (Å²) in [6.07, 6.45) is 4.53. The van der Waals surface area contributed by atoms with Gasteiger partial charge in [-0.2, -0.15) is 0 Å². The monoisotopic (exact) mass is 580 g/mol. The summed E-state index contributed by atoms with van der Waals surface area (Å²) in [5, 5.41) is 12.0. The molecule has 0 N–H and O–H groups in total. The number of halogens is 1. The molecule has 1 atom stereocenters. The van der Waals surface area contributed by atoms with E-state index in [1.807, 2.05) is 0 Å². The number of carbonyl (C=O) groups excluding carboxylic acids is 1. The second-order valence-corrected chi connectivity index (χ2v) is 11.5. The van der Waals surface area contributed by atoms with Crippen molar-refractivity contribution >= 4 is 46.4 Å². The van der Waals surface area contributed by atoms with E-state index >= 15 is 0 Å². The van der Waals surface area contributed by atoms with Crippen LogP contribution in [0.1, 0.15) is 57.2 Å². The summed E-state index contributed by atoms with van der Waals surface area (Å²) < 4.78 is 7.36. The minimum Gasteiger partial charge on any atom is -0.459 e. The van der Waals surface area contributed by atoms with Gasteiger partial charge in [-0.25, -0.2) is 9.79 Å². The van der Waals surface area contributed by atoms with E-state index in [4.69, 9.17) is 16.3 Å². The number of non-ortho nitro benzene ring substituents is 1. The summed E-state index contributed by atoms with van der Waals surface area (Å²) in [6, 6.07) is 11.0. The van der Waals surface area contributed by atoms with Gasteiger partial charge in [0.2, 0.25) is 0 Å². The van der Waals surface area contributed by atoms with E-state index in [1.165, 1.54) is 28.0 Å². The smallest absolute Gasteiger partial charge is 0.338 e. The van der Waals surface area contributed by atoms with E-state index in [9.17, 15) is 19.7 Å². The van der Waals surface area contributed by atoms with Gasteiger partial charge in [-0.05, 0) is 63.8 Å². The number of piperidine rings is 1. The zero-order valence-corrected chi connectivity index (χ0v) is 24.0. The van der Waals surface area contributed by atoms with Crippen molar-refractivity contribution in [1.82, 2.24) is 4.57 Å². The summed E-state index contributed by atoms with van der Waals surface area (Å²) in [5.74, 6) is -0.568. The molecule has 2 aliphatic heterocycles. The van der Waals surface area contributed by atoms with E-state index in [0.29, 0.717) is 31.2 Å². The number of ether oxygens (including phenoxy) is 1. The minimum absolute atomic E-state index is 0.0525. The summed E-state index contributed by atoms with van der Waals surface area (Å²) >= 11 is 7.77. The summed E-state index contributed by atoms with van der Waals surface area (Å²) in [7, 11) is 0. The standard InChI is InChI=1S/C29H29ClN4O5S/c1-17(2)39-28(36)25-18(3)31-29-33(26(25)21-9-5-6-10-22(21)30)27(35)24(40-29)16-19-15-20(34(37)38)11-12-23(19)32-13-7-4-8-14-32/h5-6,9-12,15-17,26H,4,7-8,13-14H2,1-3H3. The molecule has 1 aromatic heterocycles. The first-order chi connectivity index (χ1) is 19.2. The third kappa shape index (κ3) is 5.33. The largest absolute Gasteiger partial charge is 0.459 e. The molecule has 2 aliphatic rings. The van der Waals surface area contributed by atoms with Crippen LogP contribution in [0, 0.1) is 10.1 Å². The van der Waals surface area contributed by atoms with Gasteiger partial charge in [-0.15, -0.1) is 0 Å². The third-order valence-corrected chi connectivity index (χ3v) is 8.32. The topological polar surface area (TPSA) is 107 Å². The number of nitro groups is 1. The van der Waals surface area contributed by atoms with Gasteiger partial charge in [0.05, 0.1) is 26.8 Å². The van der Waals surface area contributed by atoms with Crippen LogP contribution in [0.3, 0.4) is 0 Å². The van der Waals surface area contributed by atoms with E-state index in [1.54, 1.807) is 57.2 Å². The third-order valence-electron chi connectivity index (χ3n) is 6.99. The van der Waals surface area contributed by atoms with Gasteiger partial charge in [0.1, 0.15) is 6.04 Å². The number of carbonyl (C=O) groups is 1. The molecular formula is C29H29ClN4O5S. The van der Waals surface area contributed by atoms with E-state index < -0.39 is 16.9 Å². The first kappa shape index (κ1) is 27.8. The number of allylic oxidation sites excluding steroid dienone is 1. The van der Waals surface area contributed by atoms with Crippen molar-refractivity contribution in [1.29, 1.82) is 0 Å². The van der Waals surface area contributed by atoms with Crippen LogP contribution in [0.25, 0.3) is 6.08 Å². The lowest BCUT2D eigenvalue weighted by atomic mass is 9.96. The van der Waals surface area contributed by atoms with E-state index in [2.05, 4.69) is 9.89 Å². The van der Waals surface area contributed by atoms with Gasteiger partial charge in [0.15, 0.2) is 4.80 Å². The Morgan fingerprint density at radius 1 is 1.20 bits per heavy atom. The molecule has 9 nitrogen and oxygen atoms in total. The van der Waals surface area contributed by atoms with Crippen molar-refractivity contribution in [2.75, 3.05) is 18.0 Å². The number of hydrogen-bond donors (Lipinski definition) is 0. The Balaban J connectivity index is 1.72. The normalized spacial score (nSPS) is 17.6. The molecule has 1 unspecified atom stereocenters. The zero-order valence-electron chi connectivity index (χ0n) is 22.4. The average Bonchev–Trinajstić information content (AvgIpc) is 3.22. The Labute approximate surface area is 239 Å². The minimum atomic E-state index is -0.843. The predicted octanol–water partition coefficient (Wildman–Crippen LogP) is 4.74. The number of aromatic nitrogens is 1. The average molecular weight is 581 g/mol. The Bertz CT molecular complexity index is 1700. The molecule has 0 radical (unpaired) electrons. The van der Waals surface area contributed by atoms with Gasteiger partial charge in [0, 0.05) is 41.5 Å². The van der Waals surface area contributed by atoms with Crippen LogP contribution in [-0.2, 0) is 9.53 Å². The molecule has 0 amide bonds. The first-order valence-corrected chi connectivity index (χ1v) is 14.4. The Morgan fingerprint density at radius 2 is 1.93 bits per heavy atom. The van der Waals surface area contributed by atoms with Crippen molar-refractivity contribution in [2.45, 2.75) is 52.2 Å². The maximum Gasteiger partial charge on any atom is 0.338 e. The van der Waals surface area contributed by atoms with Crippen LogP contribution in [0.2, 0.25) is 5.02 Å². The van der Waals surface area contributed by atoms with Crippen molar-refractivity contribution < 1.29 is 14.5 Å². The highest BCUT2D eigenvalue weighted by molar-refractivity contribution is 7.07. The quantitative estimate of drug-likeness (QED) is 0.237. The van der Waals surface area contributed by atoms with Gasteiger partial charge in [0.25, 0.3) is 11.2 Å². The number of benzene rings is 2. The number of esters is 1. The number of nitro benzene ring substituents is 1.